The molecular formula is C13H13BrO2. The van der Waals surface area contributed by atoms with Crippen LogP contribution in [0.15, 0.2) is 22.7 Å². The summed E-state index contributed by atoms with van der Waals surface area (Å²) in [5.74, 6) is -0.784. The van der Waals surface area contributed by atoms with Crippen molar-refractivity contribution in [2.24, 2.45) is 5.92 Å². The van der Waals surface area contributed by atoms with Crippen LogP contribution in [0.25, 0.3) is 0 Å². The van der Waals surface area contributed by atoms with Crippen molar-refractivity contribution in [1.29, 1.82) is 0 Å². The number of fused-ring (bicyclic) bond motifs is 2. The van der Waals surface area contributed by atoms with Crippen LogP contribution in [0.3, 0.4) is 0 Å². The Morgan fingerprint density at radius 2 is 2.31 bits per heavy atom. The molecule has 2 unspecified atom stereocenters. The number of rotatable bonds is 1. The van der Waals surface area contributed by atoms with Gasteiger partial charge < -0.3 is 5.11 Å². The first kappa shape index (κ1) is 10.3. The Hall–Kier alpha value is -0.830. The third-order valence-electron chi connectivity index (χ3n) is 4.05. The lowest BCUT2D eigenvalue weighted by atomic mass is 9.79. The maximum absolute atomic E-state index is 11.1. The normalized spacial score (nSPS) is 31.2. The van der Waals surface area contributed by atoms with E-state index < -0.39 is 5.97 Å². The van der Waals surface area contributed by atoms with Gasteiger partial charge in [-0.3, -0.25) is 4.79 Å². The van der Waals surface area contributed by atoms with Crippen LogP contribution in [0.5, 0.6) is 0 Å². The van der Waals surface area contributed by atoms with Crippen LogP contribution in [-0.2, 0) is 16.6 Å². The van der Waals surface area contributed by atoms with Crippen LogP contribution < -0.4 is 0 Å². The lowest BCUT2D eigenvalue weighted by Gasteiger charge is -2.26. The fourth-order valence-corrected chi connectivity index (χ4v) is 3.52. The minimum Gasteiger partial charge on any atom is -0.481 e. The second kappa shape index (κ2) is 3.33. The maximum atomic E-state index is 11.1. The van der Waals surface area contributed by atoms with E-state index in [1.54, 1.807) is 0 Å². The Kier molecular flexibility index (Phi) is 2.15. The van der Waals surface area contributed by atoms with Gasteiger partial charge in [-0.15, -0.1) is 0 Å². The molecule has 1 spiro atoms. The van der Waals surface area contributed by atoms with Crippen LogP contribution in [-0.4, -0.2) is 11.1 Å². The maximum Gasteiger partial charge on any atom is 0.307 e. The highest BCUT2D eigenvalue weighted by molar-refractivity contribution is 9.10. The van der Waals surface area contributed by atoms with Crippen LogP contribution in [0.1, 0.15) is 30.4 Å². The van der Waals surface area contributed by atoms with E-state index in [-0.39, 0.29) is 11.3 Å². The number of aryl methyl sites for hydroxylation is 1. The fourth-order valence-electron chi connectivity index (χ4n) is 3.16. The summed E-state index contributed by atoms with van der Waals surface area (Å²) in [5, 5.41) is 9.15. The summed E-state index contributed by atoms with van der Waals surface area (Å²) >= 11 is 3.48. The molecule has 1 N–H and O–H groups in total. The lowest BCUT2D eigenvalue weighted by Crippen LogP contribution is -2.21. The molecule has 3 rings (SSSR count). The number of aliphatic carboxylic acids is 1. The Balaban J connectivity index is 2.07. The number of carbonyl (C=O) groups is 1. The van der Waals surface area contributed by atoms with Crippen molar-refractivity contribution in [1.82, 2.24) is 0 Å². The van der Waals surface area contributed by atoms with E-state index >= 15 is 0 Å². The minimum atomic E-state index is -0.632. The van der Waals surface area contributed by atoms with Crippen molar-refractivity contribution in [2.45, 2.75) is 31.1 Å². The van der Waals surface area contributed by atoms with E-state index in [4.69, 9.17) is 5.11 Å². The summed E-state index contributed by atoms with van der Waals surface area (Å²) in [6.07, 6.45) is 4.08. The zero-order valence-corrected chi connectivity index (χ0v) is 10.5. The molecule has 0 aromatic heterocycles. The summed E-state index contributed by atoms with van der Waals surface area (Å²) in [7, 11) is 0. The monoisotopic (exact) mass is 280 g/mol. The second-order valence-electron chi connectivity index (χ2n) is 4.91. The van der Waals surface area contributed by atoms with Gasteiger partial charge in [-0.1, -0.05) is 22.0 Å². The average molecular weight is 281 g/mol. The van der Waals surface area contributed by atoms with Gasteiger partial charge >= 0.3 is 5.97 Å². The summed E-state index contributed by atoms with van der Waals surface area (Å²) in [6, 6.07) is 6.31. The number of benzene rings is 1. The van der Waals surface area contributed by atoms with Gasteiger partial charge in [0.25, 0.3) is 0 Å². The molecule has 84 valence electrons. The number of carboxylic acid groups (broad SMARTS) is 1. The molecule has 0 amide bonds. The smallest absolute Gasteiger partial charge is 0.307 e. The summed E-state index contributed by atoms with van der Waals surface area (Å²) in [6.45, 7) is 0. The van der Waals surface area contributed by atoms with Gasteiger partial charge in [-0.05, 0) is 48.9 Å². The van der Waals surface area contributed by atoms with E-state index in [9.17, 15) is 4.79 Å². The molecule has 0 radical (unpaired) electrons. The van der Waals surface area contributed by atoms with Gasteiger partial charge in [0.15, 0.2) is 0 Å². The Morgan fingerprint density at radius 1 is 1.50 bits per heavy atom. The van der Waals surface area contributed by atoms with E-state index in [0.29, 0.717) is 0 Å². The number of hydrogen-bond donors (Lipinski definition) is 1. The topological polar surface area (TPSA) is 37.3 Å². The van der Waals surface area contributed by atoms with Crippen molar-refractivity contribution < 1.29 is 9.90 Å². The first-order chi connectivity index (χ1) is 7.63. The first-order valence-corrected chi connectivity index (χ1v) is 6.44. The van der Waals surface area contributed by atoms with Crippen LogP contribution in [0, 0.1) is 5.92 Å². The lowest BCUT2D eigenvalue weighted by molar-refractivity contribution is -0.139. The minimum absolute atomic E-state index is 0.0385. The van der Waals surface area contributed by atoms with Gasteiger partial charge in [0, 0.05) is 9.89 Å². The molecular weight excluding hydrogens is 268 g/mol. The van der Waals surface area contributed by atoms with E-state index in [1.807, 2.05) is 0 Å². The highest BCUT2D eigenvalue weighted by Crippen LogP contribution is 2.60. The van der Waals surface area contributed by atoms with E-state index in [2.05, 4.69) is 34.1 Å². The van der Waals surface area contributed by atoms with Crippen molar-refractivity contribution in [2.75, 3.05) is 0 Å². The largest absolute Gasteiger partial charge is 0.481 e. The highest BCUT2D eigenvalue weighted by atomic mass is 79.9. The van der Waals surface area contributed by atoms with Gasteiger partial charge in [-0.2, -0.15) is 0 Å². The molecule has 1 aromatic rings. The van der Waals surface area contributed by atoms with Crippen LogP contribution in [0.2, 0.25) is 0 Å². The fraction of sp³-hybridized carbons (Fsp3) is 0.462. The number of carboxylic acids is 1. The van der Waals surface area contributed by atoms with E-state index in [0.717, 1.165) is 30.2 Å². The molecule has 2 aliphatic carbocycles. The van der Waals surface area contributed by atoms with Crippen molar-refractivity contribution in [3.05, 3.63) is 33.8 Å². The molecule has 2 atom stereocenters. The number of hydrogen-bond acceptors (Lipinski definition) is 1. The standard InChI is InChI=1S/C13H13BrO2/c14-9-4-3-8-2-1-5-13(10(8)6-9)7-11(13)12(15)16/h3-4,6,11H,1-2,5,7H2,(H,15,16). The molecule has 1 saturated carbocycles. The van der Waals surface area contributed by atoms with Crippen molar-refractivity contribution in [3.63, 3.8) is 0 Å². The third-order valence-corrected chi connectivity index (χ3v) is 4.54. The third kappa shape index (κ3) is 1.34. The molecule has 1 fully saturated rings. The summed E-state index contributed by atoms with van der Waals surface area (Å²) in [4.78, 5) is 11.1. The summed E-state index contributed by atoms with van der Waals surface area (Å²) in [5.41, 5.74) is 2.59. The molecule has 1 aromatic carbocycles. The van der Waals surface area contributed by atoms with Gasteiger partial charge in [0.05, 0.1) is 5.92 Å². The molecule has 0 saturated heterocycles. The Morgan fingerprint density at radius 3 is 3.00 bits per heavy atom. The molecule has 0 aliphatic heterocycles. The van der Waals surface area contributed by atoms with Crippen LogP contribution >= 0.6 is 15.9 Å². The molecule has 2 aliphatic rings. The number of halogens is 1. The first-order valence-electron chi connectivity index (χ1n) is 5.65. The predicted molar refractivity (Wildman–Crippen MR) is 64.5 cm³/mol. The van der Waals surface area contributed by atoms with Crippen molar-refractivity contribution >= 4 is 21.9 Å². The highest BCUT2D eigenvalue weighted by Gasteiger charge is 2.60. The predicted octanol–water partition coefficient (Wildman–Crippen LogP) is 3.13. The Labute approximate surface area is 103 Å². The zero-order valence-electron chi connectivity index (χ0n) is 8.87. The Bertz CT molecular complexity index is 469. The molecule has 3 heteroatoms. The SMILES string of the molecule is O=C(O)C1CC12CCCc1ccc(Br)cc12. The average Bonchev–Trinajstić information content (AvgIpc) is 2.96. The molecule has 0 bridgehead atoms. The van der Waals surface area contributed by atoms with Gasteiger partial charge in [0.1, 0.15) is 0 Å². The molecule has 2 nitrogen and oxygen atoms in total. The second-order valence-corrected chi connectivity index (χ2v) is 5.82. The quantitative estimate of drug-likeness (QED) is 0.858. The molecule has 16 heavy (non-hydrogen) atoms. The molecule has 0 heterocycles. The van der Waals surface area contributed by atoms with Gasteiger partial charge in [-0.25, -0.2) is 0 Å². The van der Waals surface area contributed by atoms with Gasteiger partial charge in [0.2, 0.25) is 0 Å². The zero-order chi connectivity index (χ0) is 11.3. The van der Waals surface area contributed by atoms with Crippen LogP contribution in [0.4, 0.5) is 0 Å². The summed E-state index contributed by atoms with van der Waals surface area (Å²) < 4.78 is 1.06. The van der Waals surface area contributed by atoms with Crippen molar-refractivity contribution in [3.8, 4) is 0 Å². The van der Waals surface area contributed by atoms with E-state index in [1.165, 1.54) is 11.1 Å².